The van der Waals surface area contributed by atoms with E-state index in [4.69, 9.17) is 21.6 Å². The first-order valence-electron chi connectivity index (χ1n) is 6.71. The van der Waals surface area contributed by atoms with Gasteiger partial charge in [-0.2, -0.15) is 5.26 Å². The van der Waals surface area contributed by atoms with Gasteiger partial charge >= 0.3 is 0 Å². The number of hydrogen-bond acceptors (Lipinski definition) is 3. The summed E-state index contributed by atoms with van der Waals surface area (Å²) in [7, 11) is 0. The molecule has 2 aromatic rings. The van der Waals surface area contributed by atoms with Crippen LogP contribution in [0.25, 0.3) is 0 Å². The summed E-state index contributed by atoms with van der Waals surface area (Å²) in [4.78, 5) is 11.4. The van der Waals surface area contributed by atoms with Gasteiger partial charge in [-0.15, -0.1) is 0 Å². The molecule has 0 aromatic heterocycles. The molecule has 0 unspecified atom stereocenters. The number of hydrogen-bond donors (Lipinski definition) is 1. The highest BCUT2D eigenvalue weighted by molar-refractivity contribution is 6.32. The zero-order valence-electron chi connectivity index (χ0n) is 12.3. The van der Waals surface area contributed by atoms with Crippen LogP contribution >= 0.6 is 11.6 Å². The molecule has 1 amide bonds. The van der Waals surface area contributed by atoms with Gasteiger partial charge in [0, 0.05) is 5.69 Å². The van der Waals surface area contributed by atoms with Crippen molar-refractivity contribution in [2.45, 2.75) is 20.3 Å². The van der Waals surface area contributed by atoms with Crippen LogP contribution in [0.2, 0.25) is 5.02 Å². The fourth-order valence-electron chi connectivity index (χ4n) is 1.84. The van der Waals surface area contributed by atoms with E-state index in [9.17, 15) is 4.79 Å². The van der Waals surface area contributed by atoms with E-state index in [1.165, 1.54) is 5.56 Å². The van der Waals surface area contributed by atoms with Crippen molar-refractivity contribution in [1.29, 1.82) is 5.26 Å². The normalized spacial score (nSPS) is 9.91. The van der Waals surface area contributed by atoms with Gasteiger partial charge < -0.3 is 10.1 Å². The Hall–Kier alpha value is -2.51. The van der Waals surface area contributed by atoms with Gasteiger partial charge in [0.1, 0.15) is 17.9 Å². The molecule has 0 saturated heterocycles. The summed E-state index contributed by atoms with van der Waals surface area (Å²) in [6.07, 6.45) is -0.196. The number of benzene rings is 2. The van der Waals surface area contributed by atoms with E-state index in [-0.39, 0.29) is 12.3 Å². The molecule has 0 aliphatic carbocycles. The third-order valence-corrected chi connectivity index (χ3v) is 3.46. The van der Waals surface area contributed by atoms with Crippen molar-refractivity contribution in [3.05, 3.63) is 52.5 Å². The monoisotopic (exact) mass is 314 g/mol. The number of carbonyl (C=O) groups is 1. The molecular weight excluding hydrogens is 300 g/mol. The predicted molar refractivity (Wildman–Crippen MR) is 86.3 cm³/mol. The third-order valence-electron chi connectivity index (χ3n) is 3.16. The molecular formula is C17H15ClN2O2. The molecule has 1 N–H and O–H groups in total. The number of nitrogens with zero attached hydrogens (tertiary/aromatic N) is 1. The minimum Gasteiger partial charge on any atom is -0.456 e. The Bertz CT molecular complexity index is 751. The summed E-state index contributed by atoms with van der Waals surface area (Å²) < 4.78 is 5.76. The van der Waals surface area contributed by atoms with Gasteiger partial charge in [-0.1, -0.05) is 17.7 Å². The molecule has 0 bridgehead atoms. The molecule has 2 aromatic carbocycles. The summed E-state index contributed by atoms with van der Waals surface area (Å²) in [5.74, 6) is 0.830. The molecule has 2 rings (SSSR count). The highest BCUT2D eigenvalue weighted by Crippen LogP contribution is 2.32. The van der Waals surface area contributed by atoms with Crippen molar-refractivity contribution in [3.8, 4) is 17.6 Å². The van der Waals surface area contributed by atoms with Crippen LogP contribution < -0.4 is 10.1 Å². The minimum absolute atomic E-state index is 0.196. The molecule has 0 heterocycles. The van der Waals surface area contributed by atoms with Gasteiger partial charge in [-0.3, -0.25) is 4.79 Å². The largest absolute Gasteiger partial charge is 0.456 e. The van der Waals surface area contributed by atoms with E-state index in [1.54, 1.807) is 24.3 Å². The average molecular weight is 315 g/mol. The van der Waals surface area contributed by atoms with Crippen LogP contribution in [0.1, 0.15) is 17.5 Å². The number of nitrogens with one attached hydrogen (secondary N) is 1. The third kappa shape index (κ3) is 4.00. The van der Waals surface area contributed by atoms with Gasteiger partial charge in [0.25, 0.3) is 0 Å². The maximum absolute atomic E-state index is 11.4. The Labute approximate surface area is 134 Å². The van der Waals surface area contributed by atoms with Crippen molar-refractivity contribution < 1.29 is 9.53 Å². The second kappa shape index (κ2) is 6.97. The van der Waals surface area contributed by atoms with Gasteiger partial charge in [-0.05, 0) is 55.3 Å². The van der Waals surface area contributed by atoms with E-state index in [0.29, 0.717) is 22.2 Å². The van der Waals surface area contributed by atoms with Gasteiger partial charge in [0.05, 0.1) is 11.1 Å². The average Bonchev–Trinajstić information content (AvgIpc) is 2.46. The zero-order valence-corrected chi connectivity index (χ0v) is 13.1. The molecule has 0 fully saturated rings. The van der Waals surface area contributed by atoms with Crippen LogP contribution in [0.4, 0.5) is 5.69 Å². The van der Waals surface area contributed by atoms with Gasteiger partial charge in [0.2, 0.25) is 5.91 Å². The fourth-order valence-corrected chi connectivity index (χ4v) is 2.06. The van der Waals surface area contributed by atoms with Crippen molar-refractivity contribution in [2.75, 3.05) is 5.32 Å². The smallest absolute Gasteiger partial charge is 0.238 e. The van der Waals surface area contributed by atoms with Crippen molar-refractivity contribution >= 4 is 23.2 Å². The Morgan fingerprint density at radius 1 is 1.23 bits per heavy atom. The topological polar surface area (TPSA) is 62.1 Å². The van der Waals surface area contributed by atoms with Crippen LogP contribution in [0.3, 0.4) is 0 Å². The fraction of sp³-hybridized carbons (Fsp3) is 0.176. The molecule has 5 heteroatoms. The van der Waals surface area contributed by atoms with Crippen LogP contribution in [0.5, 0.6) is 11.5 Å². The first-order valence-corrected chi connectivity index (χ1v) is 7.09. The number of rotatable bonds is 4. The molecule has 0 spiro atoms. The lowest BCUT2D eigenvalue weighted by molar-refractivity contribution is -0.115. The van der Waals surface area contributed by atoms with Crippen molar-refractivity contribution in [1.82, 2.24) is 0 Å². The Morgan fingerprint density at radius 2 is 2.00 bits per heavy atom. The van der Waals surface area contributed by atoms with Crippen LogP contribution in [0.15, 0.2) is 36.4 Å². The van der Waals surface area contributed by atoms with Crippen LogP contribution in [-0.2, 0) is 4.79 Å². The highest BCUT2D eigenvalue weighted by Gasteiger charge is 2.07. The van der Waals surface area contributed by atoms with E-state index in [1.807, 2.05) is 32.0 Å². The molecule has 4 nitrogen and oxygen atoms in total. The van der Waals surface area contributed by atoms with Crippen LogP contribution in [0, 0.1) is 25.2 Å². The lowest BCUT2D eigenvalue weighted by Gasteiger charge is -2.11. The molecule has 0 saturated carbocycles. The number of aryl methyl sites for hydroxylation is 2. The van der Waals surface area contributed by atoms with Crippen LogP contribution in [-0.4, -0.2) is 5.91 Å². The van der Waals surface area contributed by atoms with Gasteiger partial charge in [0.15, 0.2) is 0 Å². The Balaban J connectivity index is 2.14. The first-order chi connectivity index (χ1) is 10.5. The lowest BCUT2D eigenvalue weighted by atomic mass is 10.1. The van der Waals surface area contributed by atoms with E-state index >= 15 is 0 Å². The zero-order chi connectivity index (χ0) is 16.1. The molecule has 0 atom stereocenters. The number of nitriles is 1. The number of amides is 1. The summed E-state index contributed by atoms with van der Waals surface area (Å²) in [5, 5.41) is 11.4. The van der Waals surface area contributed by atoms with E-state index < -0.39 is 0 Å². The second-order valence-corrected chi connectivity index (χ2v) is 5.28. The first kappa shape index (κ1) is 15.9. The molecule has 0 aliphatic rings. The minimum atomic E-state index is -0.374. The molecule has 0 radical (unpaired) electrons. The summed E-state index contributed by atoms with van der Waals surface area (Å²) >= 11 is 6.17. The van der Waals surface area contributed by atoms with Gasteiger partial charge in [-0.25, -0.2) is 0 Å². The number of carbonyl (C=O) groups excluding carboxylic acids is 1. The summed E-state index contributed by atoms with van der Waals surface area (Å²) in [5.41, 5.74) is 2.85. The second-order valence-electron chi connectivity index (χ2n) is 4.88. The number of halogens is 1. The van der Waals surface area contributed by atoms with Crippen molar-refractivity contribution in [3.63, 3.8) is 0 Å². The van der Waals surface area contributed by atoms with E-state index in [0.717, 1.165) is 5.56 Å². The quantitative estimate of drug-likeness (QED) is 0.897. The molecule has 22 heavy (non-hydrogen) atoms. The molecule has 112 valence electrons. The summed E-state index contributed by atoms with van der Waals surface area (Å²) in [6.45, 7) is 4.04. The number of ether oxygens (including phenoxy) is 1. The molecule has 0 aliphatic heterocycles. The highest BCUT2D eigenvalue weighted by atomic mass is 35.5. The maximum atomic E-state index is 11.4. The van der Waals surface area contributed by atoms with E-state index in [2.05, 4.69) is 5.32 Å². The maximum Gasteiger partial charge on any atom is 0.238 e. The standard InChI is InChI=1S/C17H15ClN2O2/c1-11-3-5-14(9-12(11)2)22-16-6-4-13(10-15(16)18)20-17(21)7-8-19/h3-6,9-10H,7H2,1-2H3,(H,20,21). The predicted octanol–water partition coefficient (Wildman–Crippen LogP) is 4.60. The summed E-state index contributed by atoms with van der Waals surface area (Å²) in [6, 6.07) is 12.5. The Kier molecular flexibility index (Phi) is 5.03. The Morgan fingerprint density at radius 3 is 2.64 bits per heavy atom. The lowest BCUT2D eigenvalue weighted by Crippen LogP contribution is -2.09. The van der Waals surface area contributed by atoms with Crippen molar-refractivity contribution in [2.24, 2.45) is 0 Å². The SMILES string of the molecule is Cc1ccc(Oc2ccc(NC(=O)CC#N)cc2Cl)cc1C. The number of anilines is 1.